The average Bonchev–Trinajstić information content (AvgIpc) is 2.93. The first kappa shape index (κ1) is 9.54. The van der Waals surface area contributed by atoms with E-state index in [4.69, 9.17) is 9.78 Å². The Bertz CT molecular complexity index is 734. The van der Waals surface area contributed by atoms with Gasteiger partial charge in [0.15, 0.2) is 17.2 Å². The number of aryl methyl sites for hydroxylation is 1. The summed E-state index contributed by atoms with van der Waals surface area (Å²) in [7, 11) is 0. The fourth-order valence-corrected chi connectivity index (χ4v) is 1.60. The molecule has 82 valence electrons. The number of rotatable bonds is 1. The lowest BCUT2D eigenvalue weighted by Gasteiger charge is -1.95. The zero-order valence-electron chi connectivity index (χ0n) is 8.95. The summed E-state index contributed by atoms with van der Waals surface area (Å²) < 4.78 is 6.72. The Hall–Kier alpha value is -2.68. The summed E-state index contributed by atoms with van der Waals surface area (Å²) in [5.74, 6) is 1.27. The Morgan fingerprint density at radius 3 is 2.94 bits per heavy atom. The van der Waals surface area contributed by atoms with E-state index in [-0.39, 0.29) is 0 Å². The van der Waals surface area contributed by atoms with Gasteiger partial charge in [0.1, 0.15) is 11.8 Å². The molecule has 0 radical (unpaired) electrons. The number of pyridine rings is 1. The molecule has 3 heterocycles. The summed E-state index contributed by atoms with van der Waals surface area (Å²) in [5, 5.41) is 20.8. The van der Waals surface area contributed by atoms with Gasteiger partial charge in [-0.2, -0.15) is 5.26 Å². The van der Waals surface area contributed by atoms with Gasteiger partial charge < -0.3 is 4.52 Å². The Morgan fingerprint density at radius 1 is 1.35 bits per heavy atom. The van der Waals surface area contributed by atoms with E-state index in [1.54, 1.807) is 35.7 Å². The van der Waals surface area contributed by atoms with E-state index >= 15 is 0 Å². The van der Waals surface area contributed by atoms with Gasteiger partial charge in [0, 0.05) is 12.3 Å². The topological polar surface area (TPSA) is 80.0 Å². The first-order valence-corrected chi connectivity index (χ1v) is 4.96. The van der Waals surface area contributed by atoms with Crippen molar-refractivity contribution in [2.24, 2.45) is 0 Å². The zero-order chi connectivity index (χ0) is 11.8. The molecule has 0 atom stereocenters. The summed E-state index contributed by atoms with van der Waals surface area (Å²) in [6.07, 6.45) is 1.68. The molecule has 0 aliphatic rings. The van der Waals surface area contributed by atoms with E-state index in [9.17, 15) is 0 Å². The van der Waals surface area contributed by atoms with Crippen molar-refractivity contribution < 1.29 is 4.52 Å². The van der Waals surface area contributed by atoms with Gasteiger partial charge in [-0.1, -0.05) is 5.16 Å². The summed E-state index contributed by atoms with van der Waals surface area (Å²) in [4.78, 5) is 0. The molecule has 0 N–H and O–H groups in total. The maximum atomic E-state index is 8.86. The van der Waals surface area contributed by atoms with Gasteiger partial charge in [-0.15, -0.1) is 10.2 Å². The predicted molar refractivity (Wildman–Crippen MR) is 57.9 cm³/mol. The van der Waals surface area contributed by atoms with E-state index in [1.165, 1.54) is 0 Å². The summed E-state index contributed by atoms with van der Waals surface area (Å²) in [6.45, 7) is 1.81. The average molecular weight is 225 g/mol. The van der Waals surface area contributed by atoms with Crippen molar-refractivity contribution in [2.75, 3.05) is 0 Å². The van der Waals surface area contributed by atoms with Crippen LogP contribution < -0.4 is 0 Å². The molecule has 0 fully saturated rings. The molecule has 0 aliphatic carbocycles. The number of nitrogens with zero attached hydrogens (tertiary/aromatic N) is 5. The Kier molecular flexibility index (Phi) is 1.92. The van der Waals surface area contributed by atoms with Crippen LogP contribution in [0.3, 0.4) is 0 Å². The van der Waals surface area contributed by atoms with Gasteiger partial charge in [0.25, 0.3) is 0 Å². The SMILES string of the molecule is Cc1cc(-c2nnc3ccc(C#N)cn23)no1. The molecule has 3 rings (SSSR count). The number of nitriles is 1. The molecule has 3 aromatic heterocycles. The van der Waals surface area contributed by atoms with Gasteiger partial charge in [-0.3, -0.25) is 4.40 Å². The molecule has 0 spiro atoms. The largest absolute Gasteiger partial charge is 0.361 e. The maximum absolute atomic E-state index is 8.86. The third-order valence-corrected chi connectivity index (χ3v) is 2.39. The molecule has 0 unspecified atom stereocenters. The minimum Gasteiger partial charge on any atom is -0.361 e. The third kappa shape index (κ3) is 1.45. The van der Waals surface area contributed by atoms with Crippen LogP contribution in [-0.4, -0.2) is 19.8 Å². The van der Waals surface area contributed by atoms with Crippen LogP contribution in [0.25, 0.3) is 17.2 Å². The van der Waals surface area contributed by atoms with E-state index in [1.807, 2.05) is 0 Å². The smallest absolute Gasteiger partial charge is 0.190 e. The van der Waals surface area contributed by atoms with Crippen molar-refractivity contribution in [1.82, 2.24) is 19.8 Å². The molecule has 0 aliphatic heterocycles. The molecule has 3 aromatic rings. The monoisotopic (exact) mass is 225 g/mol. The molecule has 6 heteroatoms. The number of hydrogen-bond donors (Lipinski definition) is 0. The van der Waals surface area contributed by atoms with Gasteiger partial charge in [-0.05, 0) is 19.1 Å². The summed E-state index contributed by atoms with van der Waals surface area (Å²) in [5.41, 5.74) is 1.81. The maximum Gasteiger partial charge on any atom is 0.190 e. The first-order valence-electron chi connectivity index (χ1n) is 4.96. The number of aromatic nitrogens is 4. The highest BCUT2D eigenvalue weighted by Crippen LogP contribution is 2.18. The Labute approximate surface area is 96.1 Å². The molecule has 17 heavy (non-hydrogen) atoms. The predicted octanol–water partition coefficient (Wildman–Crippen LogP) is 1.56. The van der Waals surface area contributed by atoms with Crippen molar-refractivity contribution in [3.63, 3.8) is 0 Å². The zero-order valence-corrected chi connectivity index (χ0v) is 8.95. The van der Waals surface area contributed by atoms with Crippen LogP contribution in [0.2, 0.25) is 0 Å². The Balaban J connectivity index is 2.27. The van der Waals surface area contributed by atoms with Gasteiger partial charge in [0.2, 0.25) is 0 Å². The van der Waals surface area contributed by atoms with Crippen LogP contribution in [0.5, 0.6) is 0 Å². The van der Waals surface area contributed by atoms with Crippen LogP contribution in [0, 0.1) is 18.3 Å². The lowest BCUT2D eigenvalue weighted by molar-refractivity contribution is 0.399. The summed E-state index contributed by atoms with van der Waals surface area (Å²) >= 11 is 0. The fraction of sp³-hybridized carbons (Fsp3) is 0.0909. The van der Waals surface area contributed by atoms with E-state index in [0.29, 0.717) is 28.5 Å². The number of fused-ring (bicyclic) bond motifs is 1. The second-order valence-electron chi connectivity index (χ2n) is 3.60. The second-order valence-corrected chi connectivity index (χ2v) is 3.60. The van der Waals surface area contributed by atoms with Crippen molar-refractivity contribution in [3.05, 3.63) is 35.7 Å². The highest BCUT2D eigenvalue weighted by Gasteiger charge is 2.12. The van der Waals surface area contributed by atoms with E-state index < -0.39 is 0 Å². The van der Waals surface area contributed by atoms with E-state index in [2.05, 4.69) is 21.4 Å². The highest BCUT2D eigenvalue weighted by atomic mass is 16.5. The van der Waals surface area contributed by atoms with Crippen LogP contribution in [0.4, 0.5) is 0 Å². The van der Waals surface area contributed by atoms with Gasteiger partial charge >= 0.3 is 0 Å². The van der Waals surface area contributed by atoms with Crippen LogP contribution >= 0.6 is 0 Å². The van der Waals surface area contributed by atoms with Crippen LogP contribution in [-0.2, 0) is 0 Å². The van der Waals surface area contributed by atoms with Gasteiger partial charge in [0.05, 0.1) is 5.56 Å². The van der Waals surface area contributed by atoms with Crippen molar-refractivity contribution >= 4 is 5.65 Å². The molecule has 6 nitrogen and oxygen atoms in total. The third-order valence-electron chi connectivity index (χ3n) is 2.39. The van der Waals surface area contributed by atoms with Crippen molar-refractivity contribution in [1.29, 1.82) is 5.26 Å². The van der Waals surface area contributed by atoms with Crippen molar-refractivity contribution in [3.8, 4) is 17.6 Å². The molecular formula is C11H7N5O. The molecule has 0 saturated heterocycles. The molecule has 0 saturated carbocycles. The normalized spacial score (nSPS) is 10.6. The van der Waals surface area contributed by atoms with Gasteiger partial charge in [-0.25, -0.2) is 0 Å². The quantitative estimate of drug-likeness (QED) is 0.627. The van der Waals surface area contributed by atoms with Crippen LogP contribution in [0.1, 0.15) is 11.3 Å². The fourth-order valence-electron chi connectivity index (χ4n) is 1.60. The van der Waals surface area contributed by atoms with E-state index in [0.717, 1.165) is 0 Å². The standard InChI is InChI=1S/C11H7N5O/c1-7-4-9(15-17-7)11-14-13-10-3-2-8(5-12)6-16(10)11/h2-4,6H,1H3. The molecule has 0 amide bonds. The minimum absolute atomic E-state index is 0.541. The lowest BCUT2D eigenvalue weighted by Crippen LogP contribution is -1.90. The molecule has 0 aromatic carbocycles. The number of hydrogen-bond acceptors (Lipinski definition) is 5. The lowest BCUT2D eigenvalue weighted by atomic mass is 10.3. The summed E-state index contributed by atoms with van der Waals surface area (Å²) in [6, 6.07) is 7.28. The minimum atomic E-state index is 0.541. The Morgan fingerprint density at radius 2 is 2.24 bits per heavy atom. The molecule has 0 bridgehead atoms. The second kappa shape index (κ2) is 3.42. The molecular weight excluding hydrogens is 218 g/mol. The van der Waals surface area contributed by atoms with Crippen molar-refractivity contribution in [2.45, 2.75) is 6.92 Å². The first-order chi connectivity index (χ1) is 8.28. The highest BCUT2D eigenvalue weighted by molar-refractivity contribution is 5.56. The van der Waals surface area contributed by atoms with Crippen LogP contribution in [0.15, 0.2) is 28.9 Å².